The third-order valence-electron chi connectivity index (χ3n) is 4.07. The number of halogens is 1. The lowest BCUT2D eigenvalue weighted by atomic mass is 10.2. The first-order chi connectivity index (χ1) is 14.2. The lowest BCUT2D eigenvalue weighted by Crippen LogP contribution is -2.30. The van der Waals surface area contributed by atoms with E-state index in [0.29, 0.717) is 37.2 Å². The van der Waals surface area contributed by atoms with E-state index in [0.717, 1.165) is 30.0 Å². The van der Waals surface area contributed by atoms with Crippen molar-refractivity contribution in [1.29, 1.82) is 0 Å². The number of aliphatic imine (C=N–C) groups is 1. The van der Waals surface area contributed by atoms with Crippen LogP contribution in [0.2, 0.25) is 0 Å². The maximum Gasteiger partial charge on any atom is 0.196 e. The van der Waals surface area contributed by atoms with Crippen LogP contribution in [0.5, 0.6) is 17.2 Å². The quantitative estimate of drug-likeness (QED) is 0.196. The van der Waals surface area contributed by atoms with Gasteiger partial charge in [0.25, 0.3) is 0 Å². The predicted molar refractivity (Wildman–Crippen MR) is 132 cm³/mol. The minimum atomic E-state index is 0. The summed E-state index contributed by atoms with van der Waals surface area (Å²) in [5.41, 5.74) is 1.93. The molecule has 0 unspecified atom stereocenters. The number of anilines is 1. The van der Waals surface area contributed by atoms with Crippen LogP contribution in [-0.2, 0) is 11.3 Å². The molecule has 2 aromatic rings. The summed E-state index contributed by atoms with van der Waals surface area (Å²) in [6, 6.07) is 13.6. The van der Waals surface area contributed by atoms with Gasteiger partial charge in [-0.3, -0.25) is 0 Å². The molecule has 2 aromatic carbocycles. The zero-order valence-electron chi connectivity index (χ0n) is 18.1. The maximum atomic E-state index is 5.76. The van der Waals surface area contributed by atoms with Crippen molar-refractivity contribution in [2.75, 3.05) is 46.4 Å². The largest absolute Gasteiger partial charge is 0.493 e. The minimum Gasteiger partial charge on any atom is -0.493 e. The molecule has 0 spiro atoms. The van der Waals surface area contributed by atoms with Gasteiger partial charge in [-0.1, -0.05) is 12.1 Å². The summed E-state index contributed by atoms with van der Waals surface area (Å²) in [6.45, 7) is 4.59. The van der Waals surface area contributed by atoms with Gasteiger partial charge in [-0.05, 0) is 36.8 Å². The zero-order chi connectivity index (χ0) is 20.9. The van der Waals surface area contributed by atoms with Crippen molar-refractivity contribution in [2.45, 2.75) is 19.9 Å². The average molecular weight is 529 g/mol. The van der Waals surface area contributed by atoms with Gasteiger partial charge in [0.05, 0.1) is 27.4 Å². The number of benzene rings is 2. The number of hydrogen-bond donors (Lipinski definition) is 2. The predicted octanol–water partition coefficient (Wildman–Crippen LogP) is 4.31. The fourth-order valence-corrected chi connectivity index (χ4v) is 2.65. The first-order valence-corrected chi connectivity index (χ1v) is 9.68. The topological polar surface area (TPSA) is 73.3 Å². The number of nitrogens with one attached hydrogen (secondary N) is 2. The molecule has 0 aliphatic heterocycles. The second-order valence-electron chi connectivity index (χ2n) is 6.23. The summed E-state index contributed by atoms with van der Waals surface area (Å²) < 4.78 is 21.4. The number of ether oxygens (including phenoxy) is 4. The van der Waals surface area contributed by atoms with Crippen LogP contribution in [0.4, 0.5) is 5.69 Å². The standard InChI is InChI=1S/C22H31N3O4.HI/c1-5-23-22(24-16-17-10-11-20(27-3)21(14-17)28-4)25-18-8-6-9-19(15-18)29-13-7-12-26-2;/h6,8-11,14-15H,5,7,12-13,16H2,1-4H3,(H2,23,24,25);1H. The molecule has 8 heteroatoms. The van der Waals surface area contributed by atoms with Gasteiger partial charge < -0.3 is 29.6 Å². The summed E-state index contributed by atoms with van der Waals surface area (Å²) in [7, 11) is 4.94. The molecular formula is C22H32IN3O4. The van der Waals surface area contributed by atoms with Crippen LogP contribution in [-0.4, -0.2) is 47.0 Å². The highest BCUT2D eigenvalue weighted by Gasteiger charge is 2.05. The summed E-state index contributed by atoms with van der Waals surface area (Å²) in [6.07, 6.45) is 0.851. The molecule has 30 heavy (non-hydrogen) atoms. The minimum absolute atomic E-state index is 0. The summed E-state index contributed by atoms with van der Waals surface area (Å²) in [5, 5.41) is 6.58. The van der Waals surface area contributed by atoms with E-state index in [1.54, 1.807) is 21.3 Å². The Hall–Kier alpha value is -2.20. The number of rotatable bonds is 11. The number of nitrogens with zero attached hydrogens (tertiary/aromatic N) is 1. The third kappa shape index (κ3) is 8.66. The lowest BCUT2D eigenvalue weighted by molar-refractivity contribution is 0.172. The second kappa shape index (κ2) is 14.7. The molecule has 0 saturated carbocycles. The molecule has 0 fully saturated rings. The van der Waals surface area contributed by atoms with Crippen molar-refractivity contribution >= 4 is 35.6 Å². The highest BCUT2D eigenvalue weighted by Crippen LogP contribution is 2.27. The molecule has 7 nitrogen and oxygen atoms in total. The van der Waals surface area contributed by atoms with Gasteiger partial charge in [-0.2, -0.15) is 0 Å². The van der Waals surface area contributed by atoms with Crippen LogP contribution in [0.1, 0.15) is 18.9 Å². The van der Waals surface area contributed by atoms with Gasteiger partial charge in [-0.15, -0.1) is 24.0 Å². The average Bonchev–Trinajstić information content (AvgIpc) is 2.75. The van der Waals surface area contributed by atoms with E-state index in [1.165, 1.54) is 0 Å². The molecule has 0 amide bonds. The molecule has 0 aliphatic carbocycles. The van der Waals surface area contributed by atoms with Crippen molar-refractivity contribution in [3.05, 3.63) is 48.0 Å². The van der Waals surface area contributed by atoms with Crippen molar-refractivity contribution in [3.8, 4) is 17.2 Å². The molecule has 0 radical (unpaired) electrons. The Morgan fingerprint density at radius 1 is 0.967 bits per heavy atom. The number of hydrogen-bond acceptors (Lipinski definition) is 5. The van der Waals surface area contributed by atoms with Crippen LogP contribution in [0.15, 0.2) is 47.5 Å². The third-order valence-corrected chi connectivity index (χ3v) is 4.07. The van der Waals surface area contributed by atoms with Gasteiger partial charge in [-0.25, -0.2) is 4.99 Å². The van der Waals surface area contributed by atoms with Crippen molar-refractivity contribution in [1.82, 2.24) is 5.32 Å². The smallest absolute Gasteiger partial charge is 0.196 e. The van der Waals surface area contributed by atoms with E-state index < -0.39 is 0 Å². The molecule has 0 heterocycles. The summed E-state index contributed by atoms with van der Waals surface area (Å²) in [4.78, 5) is 4.67. The Morgan fingerprint density at radius 3 is 2.47 bits per heavy atom. The fourth-order valence-electron chi connectivity index (χ4n) is 2.65. The molecular weight excluding hydrogens is 497 g/mol. The summed E-state index contributed by atoms with van der Waals surface area (Å²) >= 11 is 0. The van der Waals surface area contributed by atoms with E-state index >= 15 is 0 Å². The molecule has 0 aromatic heterocycles. The number of guanidine groups is 1. The van der Waals surface area contributed by atoms with Gasteiger partial charge >= 0.3 is 0 Å². The maximum absolute atomic E-state index is 5.76. The van der Waals surface area contributed by atoms with Gasteiger partial charge in [0.15, 0.2) is 17.5 Å². The normalized spacial score (nSPS) is 10.7. The Kier molecular flexibility index (Phi) is 12.7. The van der Waals surface area contributed by atoms with Crippen molar-refractivity contribution < 1.29 is 18.9 Å². The van der Waals surface area contributed by atoms with Crippen LogP contribution in [0.3, 0.4) is 0 Å². The molecule has 0 bridgehead atoms. The van der Waals surface area contributed by atoms with Crippen LogP contribution < -0.4 is 24.8 Å². The SMILES string of the molecule is CCNC(=NCc1ccc(OC)c(OC)c1)Nc1cccc(OCCCOC)c1.I. The molecule has 2 N–H and O–H groups in total. The number of methoxy groups -OCH3 is 3. The van der Waals surface area contributed by atoms with Crippen molar-refractivity contribution in [3.63, 3.8) is 0 Å². The van der Waals surface area contributed by atoms with Crippen LogP contribution in [0, 0.1) is 0 Å². The highest BCUT2D eigenvalue weighted by atomic mass is 127. The Bertz CT molecular complexity index is 787. The van der Waals surface area contributed by atoms with Gasteiger partial charge in [0.1, 0.15) is 5.75 Å². The molecule has 0 saturated heterocycles. The zero-order valence-corrected chi connectivity index (χ0v) is 20.4. The Balaban J connectivity index is 0.00000450. The summed E-state index contributed by atoms with van der Waals surface area (Å²) in [5.74, 6) is 2.89. The van der Waals surface area contributed by atoms with E-state index in [2.05, 4.69) is 15.6 Å². The molecule has 0 aliphatic rings. The van der Waals surface area contributed by atoms with E-state index in [4.69, 9.17) is 18.9 Å². The second-order valence-corrected chi connectivity index (χ2v) is 6.23. The van der Waals surface area contributed by atoms with E-state index in [-0.39, 0.29) is 24.0 Å². The van der Waals surface area contributed by atoms with Crippen LogP contribution >= 0.6 is 24.0 Å². The van der Waals surface area contributed by atoms with E-state index in [9.17, 15) is 0 Å². The molecule has 166 valence electrons. The van der Waals surface area contributed by atoms with E-state index in [1.807, 2.05) is 49.4 Å². The highest BCUT2D eigenvalue weighted by molar-refractivity contribution is 14.0. The molecule has 0 atom stereocenters. The Labute approximate surface area is 196 Å². The van der Waals surface area contributed by atoms with Crippen molar-refractivity contribution in [2.24, 2.45) is 4.99 Å². The van der Waals surface area contributed by atoms with Gasteiger partial charge in [0, 0.05) is 38.4 Å². The Morgan fingerprint density at radius 2 is 1.77 bits per heavy atom. The fraction of sp³-hybridized carbons (Fsp3) is 0.409. The lowest BCUT2D eigenvalue weighted by Gasteiger charge is -2.13. The first kappa shape index (κ1) is 25.8. The van der Waals surface area contributed by atoms with Crippen LogP contribution in [0.25, 0.3) is 0 Å². The molecule has 2 rings (SSSR count). The first-order valence-electron chi connectivity index (χ1n) is 9.68. The monoisotopic (exact) mass is 529 g/mol. The van der Waals surface area contributed by atoms with Gasteiger partial charge in [0.2, 0.25) is 0 Å².